The van der Waals surface area contributed by atoms with Crippen LogP contribution in [0.4, 0.5) is 0 Å². The quantitative estimate of drug-likeness (QED) is 0.624. The number of rotatable bonds is 4. The zero-order valence-corrected chi connectivity index (χ0v) is 12.8. The van der Waals surface area contributed by atoms with Gasteiger partial charge in [0, 0.05) is 6.42 Å². The van der Waals surface area contributed by atoms with Gasteiger partial charge in [0.15, 0.2) is 0 Å². The van der Waals surface area contributed by atoms with Gasteiger partial charge in [-0.2, -0.15) is 5.26 Å². The molecule has 0 unspecified atom stereocenters. The maximum Gasteiger partial charge on any atom is 0.494 e. The average molecular weight is 271 g/mol. The minimum atomic E-state index is -0.302. The van der Waals surface area contributed by atoms with Crippen LogP contribution in [0.25, 0.3) is 0 Å². The van der Waals surface area contributed by atoms with E-state index in [2.05, 4.69) is 58.0 Å². The second-order valence-electron chi connectivity index (χ2n) is 6.34. The van der Waals surface area contributed by atoms with Crippen LogP contribution in [0.5, 0.6) is 0 Å². The number of hydrogen-bond acceptors (Lipinski definition) is 3. The number of benzene rings is 1. The Morgan fingerprint density at radius 3 is 2.10 bits per heavy atom. The Morgan fingerprint density at radius 1 is 1.05 bits per heavy atom. The molecule has 1 fully saturated rings. The average Bonchev–Trinajstić information content (AvgIpc) is 2.60. The smallest absolute Gasteiger partial charge is 0.399 e. The summed E-state index contributed by atoms with van der Waals surface area (Å²) >= 11 is 0. The summed E-state index contributed by atoms with van der Waals surface area (Å²) in [5.74, 6) is 0. The van der Waals surface area contributed by atoms with Gasteiger partial charge < -0.3 is 9.31 Å². The summed E-state index contributed by atoms with van der Waals surface area (Å²) in [7, 11) is -0.298. The first-order valence-corrected chi connectivity index (χ1v) is 7.17. The summed E-state index contributed by atoms with van der Waals surface area (Å²) in [6.45, 7) is 8.24. The minimum absolute atomic E-state index is 0.298. The lowest BCUT2D eigenvalue weighted by Gasteiger charge is -2.32. The first-order chi connectivity index (χ1) is 9.36. The molecule has 1 aliphatic rings. The Kier molecular flexibility index (Phi) is 4.22. The molecule has 1 aromatic rings. The van der Waals surface area contributed by atoms with Crippen LogP contribution in [0.1, 0.15) is 46.1 Å². The van der Waals surface area contributed by atoms with Gasteiger partial charge in [0.25, 0.3) is 0 Å². The van der Waals surface area contributed by atoms with Gasteiger partial charge in [0.05, 0.1) is 17.3 Å². The van der Waals surface area contributed by atoms with Crippen molar-refractivity contribution in [3.63, 3.8) is 0 Å². The summed E-state index contributed by atoms with van der Waals surface area (Å²) in [5, 5.41) is 8.55. The normalized spacial score (nSPS) is 19.9. The zero-order valence-electron chi connectivity index (χ0n) is 12.8. The first kappa shape index (κ1) is 15.1. The largest absolute Gasteiger partial charge is 0.494 e. The van der Waals surface area contributed by atoms with E-state index in [-0.39, 0.29) is 18.3 Å². The van der Waals surface area contributed by atoms with Crippen LogP contribution in [0.3, 0.4) is 0 Å². The zero-order chi connectivity index (χ0) is 14.8. The van der Waals surface area contributed by atoms with Gasteiger partial charge in [0.1, 0.15) is 0 Å². The van der Waals surface area contributed by atoms with E-state index in [9.17, 15) is 0 Å². The van der Waals surface area contributed by atoms with E-state index < -0.39 is 0 Å². The fourth-order valence-corrected chi connectivity index (χ4v) is 2.19. The van der Waals surface area contributed by atoms with Crippen molar-refractivity contribution in [2.75, 3.05) is 0 Å². The molecule has 20 heavy (non-hydrogen) atoms. The van der Waals surface area contributed by atoms with Gasteiger partial charge in [-0.1, -0.05) is 24.3 Å². The molecule has 0 aliphatic carbocycles. The predicted octanol–water partition coefficient (Wildman–Crippen LogP) is 2.83. The topological polar surface area (TPSA) is 42.2 Å². The van der Waals surface area contributed by atoms with Gasteiger partial charge in [0.2, 0.25) is 0 Å². The van der Waals surface area contributed by atoms with Crippen LogP contribution in [-0.2, 0) is 15.7 Å². The first-order valence-electron chi connectivity index (χ1n) is 7.17. The van der Waals surface area contributed by atoms with Crippen molar-refractivity contribution in [2.45, 2.75) is 58.2 Å². The maximum absolute atomic E-state index is 8.55. The molecule has 3 nitrogen and oxygen atoms in total. The van der Waals surface area contributed by atoms with E-state index in [1.54, 1.807) is 0 Å². The highest BCUT2D eigenvalue weighted by molar-refractivity contribution is 6.62. The van der Waals surface area contributed by atoms with Gasteiger partial charge in [-0.15, -0.1) is 0 Å². The SMILES string of the molecule is CC1(C)OB(c2ccc(CCCC#N)cc2)OC1(C)C. The molecule has 0 aromatic heterocycles. The third kappa shape index (κ3) is 3.05. The number of hydrogen-bond donors (Lipinski definition) is 0. The Balaban J connectivity index is 2.03. The molecule has 0 bridgehead atoms. The molecule has 1 aromatic carbocycles. The second-order valence-corrected chi connectivity index (χ2v) is 6.34. The lowest BCUT2D eigenvalue weighted by atomic mass is 9.78. The Labute approximate surface area is 122 Å². The third-order valence-electron chi connectivity index (χ3n) is 4.26. The van der Waals surface area contributed by atoms with Crippen LogP contribution >= 0.6 is 0 Å². The lowest BCUT2D eigenvalue weighted by molar-refractivity contribution is 0.00578. The third-order valence-corrected chi connectivity index (χ3v) is 4.26. The number of aryl methyl sites for hydroxylation is 1. The van der Waals surface area contributed by atoms with E-state index in [1.807, 2.05) is 0 Å². The number of nitriles is 1. The summed E-state index contributed by atoms with van der Waals surface area (Å²) in [5.41, 5.74) is 1.69. The molecular weight excluding hydrogens is 249 g/mol. The minimum Gasteiger partial charge on any atom is -0.399 e. The molecule has 0 atom stereocenters. The van der Waals surface area contributed by atoms with Crippen LogP contribution in [0.15, 0.2) is 24.3 Å². The van der Waals surface area contributed by atoms with E-state index in [4.69, 9.17) is 14.6 Å². The highest BCUT2D eigenvalue weighted by Gasteiger charge is 2.51. The van der Waals surface area contributed by atoms with Crippen molar-refractivity contribution < 1.29 is 9.31 Å². The Hall–Kier alpha value is -1.31. The fraction of sp³-hybridized carbons (Fsp3) is 0.562. The second kappa shape index (κ2) is 5.59. The Bertz CT molecular complexity index is 486. The van der Waals surface area contributed by atoms with Crippen molar-refractivity contribution in [3.05, 3.63) is 29.8 Å². The van der Waals surface area contributed by atoms with E-state index in [0.717, 1.165) is 18.3 Å². The summed E-state index contributed by atoms with van der Waals surface area (Å²) < 4.78 is 12.0. The molecule has 0 amide bonds. The van der Waals surface area contributed by atoms with Crippen LogP contribution in [-0.4, -0.2) is 18.3 Å². The molecule has 0 N–H and O–H groups in total. The van der Waals surface area contributed by atoms with Crippen molar-refractivity contribution in [2.24, 2.45) is 0 Å². The van der Waals surface area contributed by atoms with Gasteiger partial charge in [-0.3, -0.25) is 0 Å². The lowest BCUT2D eigenvalue weighted by Crippen LogP contribution is -2.41. The van der Waals surface area contributed by atoms with Crippen molar-refractivity contribution in [1.82, 2.24) is 0 Å². The number of unbranched alkanes of at least 4 members (excludes halogenated alkanes) is 1. The highest BCUT2D eigenvalue weighted by atomic mass is 16.7. The molecule has 2 rings (SSSR count). The van der Waals surface area contributed by atoms with Crippen molar-refractivity contribution >= 4 is 12.6 Å². The highest BCUT2D eigenvalue weighted by Crippen LogP contribution is 2.36. The summed E-state index contributed by atoms with van der Waals surface area (Å²) in [6, 6.07) is 10.5. The van der Waals surface area contributed by atoms with Gasteiger partial charge in [-0.05, 0) is 51.6 Å². The van der Waals surface area contributed by atoms with Crippen LogP contribution in [0, 0.1) is 11.3 Å². The molecule has 4 heteroatoms. The molecular formula is C16H22BNO2. The molecule has 0 spiro atoms. The molecule has 1 aliphatic heterocycles. The van der Waals surface area contributed by atoms with E-state index in [0.29, 0.717) is 6.42 Å². The van der Waals surface area contributed by atoms with E-state index in [1.165, 1.54) is 5.56 Å². The van der Waals surface area contributed by atoms with Crippen LogP contribution < -0.4 is 5.46 Å². The van der Waals surface area contributed by atoms with Gasteiger partial charge in [-0.25, -0.2) is 0 Å². The molecule has 106 valence electrons. The molecule has 1 saturated heterocycles. The van der Waals surface area contributed by atoms with Crippen molar-refractivity contribution in [1.29, 1.82) is 5.26 Å². The molecule has 1 heterocycles. The van der Waals surface area contributed by atoms with Crippen molar-refractivity contribution in [3.8, 4) is 6.07 Å². The molecule has 0 saturated carbocycles. The number of nitrogens with zero attached hydrogens (tertiary/aromatic N) is 1. The predicted molar refractivity (Wildman–Crippen MR) is 80.7 cm³/mol. The van der Waals surface area contributed by atoms with Gasteiger partial charge >= 0.3 is 7.12 Å². The standard InChI is InChI=1S/C16H22BNO2/c1-15(2)16(3,4)20-17(19-15)14-10-8-13(9-11-14)7-5-6-12-18/h8-11H,5-7H2,1-4H3. The maximum atomic E-state index is 8.55. The summed E-state index contributed by atoms with van der Waals surface area (Å²) in [4.78, 5) is 0. The van der Waals surface area contributed by atoms with E-state index >= 15 is 0 Å². The summed E-state index contributed by atoms with van der Waals surface area (Å²) in [6.07, 6.45) is 2.46. The monoisotopic (exact) mass is 271 g/mol. The fourth-order valence-electron chi connectivity index (χ4n) is 2.19. The Morgan fingerprint density at radius 2 is 1.60 bits per heavy atom. The molecule has 0 radical (unpaired) electrons. The van der Waals surface area contributed by atoms with Crippen LogP contribution in [0.2, 0.25) is 0 Å².